The summed E-state index contributed by atoms with van der Waals surface area (Å²) in [5.74, 6) is 2.51. The van der Waals surface area contributed by atoms with E-state index < -0.39 is 0 Å². The van der Waals surface area contributed by atoms with Crippen LogP contribution in [0.15, 0.2) is 36.8 Å². The first-order valence-corrected chi connectivity index (χ1v) is 13.9. The van der Waals surface area contributed by atoms with Crippen LogP contribution in [0, 0.1) is 22.7 Å². The molecule has 4 fully saturated rings. The lowest BCUT2D eigenvalue weighted by Gasteiger charge is -2.44. The van der Waals surface area contributed by atoms with E-state index in [1.807, 2.05) is 21.8 Å². The summed E-state index contributed by atoms with van der Waals surface area (Å²) >= 11 is 0. The Balaban J connectivity index is 1.05. The molecule has 7 rings (SSSR count). The summed E-state index contributed by atoms with van der Waals surface area (Å²) in [5.41, 5.74) is 2.12. The molecular formula is C29H34N8O. The molecule has 1 aromatic carbocycles. The van der Waals surface area contributed by atoms with Gasteiger partial charge in [0.25, 0.3) is 0 Å². The van der Waals surface area contributed by atoms with Crippen molar-refractivity contribution in [3.05, 3.63) is 42.4 Å². The van der Waals surface area contributed by atoms with Gasteiger partial charge in [-0.05, 0) is 62.1 Å². The van der Waals surface area contributed by atoms with Gasteiger partial charge in [-0.25, -0.2) is 14.6 Å². The van der Waals surface area contributed by atoms with Gasteiger partial charge >= 0.3 is 0 Å². The van der Waals surface area contributed by atoms with Crippen molar-refractivity contribution < 1.29 is 4.79 Å². The number of hydrogen-bond acceptors (Lipinski definition) is 7. The van der Waals surface area contributed by atoms with E-state index in [-0.39, 0.29) is 11.3 Å². The second-order valence-corrected chi connectivity index (χ2v) is 12.1. The smallest absolute Gasteiger partial charge is 0.222 e. The summed E-state index contributed by atoms with van der Waals surface area (Å²) in [5, 5.41) is 15.7. The van der Waals surface area contributed by atoms with Crippen molar-refractivity contribution in [2.45, 2.75) is 43.9 Å². The summed E-state index contributed by atoms with van der Waals surface area (Å²) in [7, 11) is 2.13. The highest BCUT2D eigenvalue weighted by Gasteiger charge is 2.61. The first kappa shape index (κ1) is 23.6. The summed E-state index contributed by atoms with van der Waals surface area (Å²) in [6.07, 6.45) is 9.57. The minimum absolute atomic E-state index is 0.274. The third-order valence-corrected chi connectivity index (χ3v) is 9.37. The molecule has 0 bridgehead atoms. The van der Waals surface area contributed by atoms with Crippen LogP contribution >= 0.6 is 0 Å². The Morgan fingerprint density at radius 2 is 1.84 bits per heavy atom. The van der Waals surface area contributed by atoms with E-state index in [2.05, 4.69) is 56.2 Å². The average molecular weight is 511 g/mol. The highest BCUT2D eigenvalue weighted by atomic mass is 16.2. The molecule has 4 heterocycles. The van der Waals surface area contributed by atoms with Crippen molar-refractivity contribution in [3.63, 3.8) is 0 Å². The van der Waals surface area contributed by atoms with Crippen LogP contribution in [0.1, 0.15) is 44.1 Å². The third kappa shape index (κ3) is 4.02. The normalized spacial score (nSPS) is 22.2. The zero-order chi connectivity index (χ0) is 25.9. The summed E-state index contributed by atoms with van der Waals surface area (Å²) in [4.78, 5) is 28.3. The largest absolute Gasteiger partial charge is 0.353 e. The zero-order valence-electron chi connectivity index (χ0n) is 22.0. The van der Waals surface area contributed by atoms with Crippen LogP contribution in [0.2, 0.25) is 0 Å². The molecule has 4 aliphatic rings. The molecular weight excluding hydrogens is 476 g/mol. The first-order valence-electron chi connectivity index (χ1n) is 13.9. The number of nitriles is 1. The maximum atomic E-state index is 12.7. The number of benzene rings is 1. The van der Waals surface area contributed by atoms with Gasteiger partial charge in [-0.2, -0.15) is 10.4 Å². The summed E-state index contributed by atoms with van der Waals surface area (Å²) < 4.78 is 1.86. The third-order valence-electron chi connectivity index (χ3n) is 9.37. The minimum Gasteiger partial charge on any atom is -0.353 e. The van der Waals surface area contributed by atoms with Gasteiger partial charge in [-0.1, -0.05) is 12.1 Å². The maximum Gasteiger partial charge on any atom is 0.222 e. The van der Waals surface area contributed by atoms with Crippen molar-refractivity contribution in [1.29, 1.82) is 5.26 Å². The number of nitrogens with zero attached hydrogens (tertiary/aromatic N) is 8. The van der Waals surface area contributed by atoms with Crippen LogP contribution in [0.5, 0.6) is 0 Å². The van der Waals surface area contributed by atoms with Crippen LogP contribution in [0.4, 0.5) is 5.82 Å². The Morgan fingerprint density at radius 3 is 2.55 bits per heavy atom. The number of anilines is 1. The lowest BCUT2D eigenvalue weighted by molar-refractivity contribution is -0.132. The van der Waals surface area contributed by atoms with E-state index in [0.29, 0.717) is 36.7 Å². The summed E-state index contributed by atoms with van der Waals surface area (Å²) in [6.45, 7) is 5.17. The SMILES string of the molecule is CN1CC(CCC(=O)N2CCN(c3cc(-n4ncc5ccc(C6(C#N)CC7(CC7)C6)cc54)ncn3)CC2)C1. The molecule has 2 saturated heterocycles. The number of aromatic nitrogens is 4. The number of likely N-dealkylation sites (tertiary alicyclic amines) is 1. The standard InChI is InChI=1S/C29H34N8O/c1-34-15-21(16-34)2-5-27(38)36-10-8-35(9-11-36)25-13-26(32-20-31-25)37-24-12-23(4-3-22(24)14-33-37)29(19-30)17-28(18-29)6-7-28/h3-4,12-14,20-21H,2,5-11,15-18H2,1H3. The van der Waals surface area contributed by atoms with E-state index >= 15 is 0 Å². The second-order valence-electron chi connectivity index (χ2n) is 12.1. The number of hydrogen-bond donors (Lipinski definition) is 0. The molecule has 196 valence electrons. The fourth-order valence-electron chi connectivity index (χ4n) is 6.91. The van der Waals surface area contributed by atoms with E-state index in [1.165, 1.54) is 12.8 Å². The van der Waals surface area contributed by atoms with Crippen LogP contribution < -0.4 is 4.90 Å². The van der Waals surface area contributed by atoms with Gasteiger partial charge in [-0.15, -0.1) is 0 Å². The van der Waals surface area contributed by atoms with Crippen LogP contribution in [-0.2, 0) is 10.2 Å². The van der Waals surface area contributed by atoms with E-state index in [1.54, 1.807) is 6.33 Å². The van der Waals surface area contributed by atoms with Gasteiger partial charge < -0.3 is 14.7 Å². The molecule has 2 aliphatic heterocycles. The van der Waals surface area contributed by atoms with Crippen molar-refractivity contribution in [1.82, 2.24) is 29.5 Å². The zero-order valence-corrected chi connectivity index (χ0v) is 22.0. The summed E-state index contributed by atoms with van der Waals surface area (Å²) in [6, 6.07) is 10.9. The molecule has 1 amide bonds. The predicted molar refractivity (Wildman–Crippen MR) is 144 cm³/mol. The quantitative estimate of drug-likeness (QED) is 0.503. The second kappa shape index (κ2) is 8.77. The van der Waals surface area contributed by atoms with Gasteiger partial charge in [0.2, 0.25) is 5.91 Å². The molecule has 38 heavy (non-hydrogen) atoms. The topological polar surface area (TPSA) is 94.2 Å². The Bertz CT molecular complexity index is 1410. The molecule has 9 heteroatoms. The molecule has 0 atom stereocenters. The van der Waals surface area contributed by atoms with E-state index in [0.717, 1.165) is 67.7 Å². The molecule has 2 aromatic heterocycles. The highest BCUT2D eigenvalue weighted by molar-refractivity contribution is 5.81. The predicted octanol–water partition coefficient (Wildman–Crippen LogP) is 3.14. The number of piperazine rings is 1. The Morgan fingerprint density at radius 1 is 1.08 bits per heavy atom. The van der Waals surface area contributed by atoms with Gasteiger partial charge in [0.15, 0.2) is 5.82 Å². The lowest BCUT2D eigenvalue weighted by atomic mass is 9.57. The number of carbonyl (C=O) groups excluding carboxylic acids is 1. The van der Waals surface area contributed by atoms with Gasteiger partial charge in [0.1, 0.15) is 12.1 Å². The molecule has 2 aliphatic carbocycles. The Labute approximate surface area is 223 Å². The van der Waals surface area contributed by atoms with Gasteiger partial charge in [-0.3, -0.25) is 4.79 Å². The van der Waals surface area contributed by atoms with Crippen LogP contribution in [-0.4, -0.2) is 81.8 Å². The molecule has 2 saturated carbocycles. The van der Waals surface area contributed by atoms with Crippen LogP contribution in [0.25, 0.3) is 16.7 Å². The molecule has 1 spiro atoms. The van der Waals surface area contributed by atoms with Crippen LogP contribution in [0.3, 0.4) is 0 Å². The van der Waals surface area contributed by atoms with Gasteiger partial charge in [0.05, 0.1) is 23.2 Å². The Hall–Kier alpha value is -3.51. The monoisotopic (exact) mass is 510 g/mol. The van der Waals surface area contributed by atoms with Crippen molar-refractivity contribution in [3.8, 4) is 11.9 Å². The van der Waals surface area contributed by atoms with Gasteiger partial charge in [0, 0.05) is 57.1 Å². The maximum absolute atomic E-state index is 12.7. The molecule has 0 N–H and O–H groups in total. The number of carbonyl (C=O) groups is 1. The number of fused-ring (bicyclic) bond motifs is 1. The van der Waals surface area contributed by atoms with E-state index in [9.17, 15) is 10.1 Å². The fourth-order valence-corrected chi connectivity index (χ4v) is 6.91. The molecule has 0 unspecified atom stereocenters. The lowest BCUT2D eigenvalue weighted by Crippen LogP contribution is -2.49. The van der Waals surface area contributed by atoms with Crippen molar-refractivity contribution in [2.75, 3.05) is 51.2 Å². The average Bonchev–Trinajstić information content (AvgIpc) is 3.59. The molecule has 3 aromatic rings. The van der Waals surface area contributed by atoms with E-state index in [4.69, 9.17) is 0 Å². The van der Waals surface area contributed by atoms with Crippen molar-refractivity contribution >= 4 is 22.6 Å². The Kier molecular flexibility index (Phi) is 5.45. The highest BCUT2D eigenvalue weighted by Crippen LogP contribution is 2.68. The van der Waals surface area contributed by atoms with Crippen molar-refractivity contribution in [2.24, 2.45) is 11.3 Å². The fraction of sp³-hybridized carbons (Fsp3) is 0.552. The first-order chi connectivity index (χ1) is 18.5. The molecule has 9 nitrogen and oxygen atoms in total. The number of amides is 1. The number of rotatable bonds is 6. The molecule has 0 radical (unpaired) electrons. The minimum atomic E-state index is -0.373.